The van der Waals surface area contributed by atoms with Gasteiger partial charge in [0.05, 0.1) is 15.7 Å². The first kappa shape index (κ1) is 13.7. The molecule has 0 aliphatic rings. The van der Waals surface area contributed by atoms with Crippen LogP contribution in [-0.4, -0.2) is 23.7 Å². The van der Waals surface area contributed by atoms with Gasteiger partial charge in [0, 0.05) is 29.6 Å². The first-order chi connectivity index (χ1) is 7.65. The summed E-state index contributed by atoms with van der Waals surface area (Å²) < 4.78 is 17.7. The lowest BCUT2D eigenvalue weighted by Crippen LogP contribution is -2.01. The van der Waals surface area contributed by atoms with Gasteiger partial charge in [0.1, 0.15) is 0 Å². The molecule has 0 bridgehead atoms. The zero-order valence-corrected chi connectivity index (χ0v) is 11.6. The SMILES string of the molecule is COCCCCS(=O)c1ccc(N)cc1Br. The normalized spacial score (nSPS) is 12.6. The molecule has 1 unspecified atom stereocenters. The minimum Gasteiger partial charge on any atom is -0.399 e. The Morgan fingerprint density at radius 3 is 2.81 bits per heavy atom. The van der Waals surface area contributed by atoms with Crippen molar-refractivity contribution in [2.75, 3.05) is 25.2 Å². The molecule has 0 radical (unpaired) electrons. The van der Waals surface area contributed by atoms with Crippen LogP contribution in [0.2, 0.25) is 0 Å². The van der Waals surface area contributed by atoms with Crippen LogP contribution in [0.25, 0.3) is 0 Å². The van der Waals surface area contributed by atoms with E-state index in [1.165, 1.54) is 0 Å². The van der Waals surface area contributed by atoms with Gasteiger partial charge in [-0.2, -0.15) is 0 Å². The molecule has 90 valence electrons. The van der Waals surface area contributed by atoms with E-state index < -0.39 is 10.8 Å². The summed E-state index contributed by atoms with van der Waals surface area (Å²) in [6.45, 7) is 0.722. The number of rotatable bonds is 6. The number of anilines is 1. The largest absolute Gasteiger partial charge is 0.399 e. The van der Waals surface area contributed by atoms with Crippen LogP contribution in [0.5, 0.6) is 0 Å². The van der Waals surface area contributed by atoms with E-state index in [1.54, 1.807) is 19.2 Å². The van der Waals surface area contributed by atoms with E-state index >= 15 is 0 Å². The molecule has 5 heteroatoms. The summed E-state index contributed by atoms with van der Waals surface area (Å²) in [5.41, 5.74) is 6.30. The summed E-state index contributed by atoms with van der Waals surface area (Å²) in [6.07, 6.45) is 1.84. The fourth-order valence-corrected chi connectivity index (χ4v) is 3.41. The average Bonchev–Trinajstić information content (AvgIpc) is 2.24. The van der Waals surface area contributed by atoms with Crippen LogP contribution in [-0.2, 0) is 15.5 Å². The van der Waals surface area contributed by atoms with Crippen molar-refractivity contribution in [3.8, 4) is 0 Å². The molecule has 1 aromatic carbocycles. The van der Waals surface area contributed by atoms with E-state index in [2.05, 4.69) is 15.9 Å². The highest BCUT2D eigenvalue weighted by Gasteiger charge is 2.08. The molecule has 3 nitrogen and oxygen atoms in total. The van der Waals surface area contributed by atoms with Gasteiger partial charge in [-0.15, -0.1) is 0 Å². The number of nitrogen functional groups attached to an aromatic ring is 1. The molecule has 0 aliphatic heterocycles. The standard InChI is InChI=1S/C11H16BrNO2S/c1-15-6-2-3-7-16(14)11-5-4-9(13)8-10(11)12/h4-5,8H,2-3,6-7,13H2,1H3. The minimum absolute atomic E-state index is 0.659. The molecule has 0 heterocycles. The zero-order valence-electron chi connectivity index (χ0n) is 9.24. The smallest absolute Gasteiger partial charge is 0.0541 e. The van der Waals surface area contributed by atoms with Crippen molar-refractivity contribution >= 4 is 32.4 Å². The molecule has 1 rings (SSSR count). The molecule has 2 N–H and O–H groups in total. The van der Waals surface area contributed by atoms with Crippen LogP contribution in [0.4, 0.5) is 5.69 Å². The third kappa shape index (κ3) is 4.23. The van der Waals surface area contributed by atoms with E-state index in [4.69, 9.17) is 10.5 Å². The molecule has 0 amide bonds. The fraction of sp³-hybridized carbons (Fsp3) is 0.455. The van der Waals surface area contributed by atoms with Gasteiger partial charge in [-0.05, 0) is 47.0 Å². The molecule has 0 aromatic heterocycles. The van der Waals surface area contributed by atoms with Gasteiger partial charge < -0.3 is 10.5 Å². The van der Waals surface area contributed by atoms with E-state index in [0.29, 0.717) is 11.4 Å². The van der Waals surface area contributed by atoms with Gasteiger partial charge in [-0.1, -0.05) is 0 Å². The number of nitrogens with two attached hydrogens (primary N) is 1. The number of ether oxygens (including phenoxy) is 1. The molecule has 16 heavy (non-hydrogen) atoms. The Balaban J connectivity index is 2.53. The maximum absolute atomic E-state index is 11.9. The first-order valence-electron chi connectivity index (χ1n) is 5.07. The van der Waals surface area contributed by atoms with E-state index in [-0.39, 0.29) is 0 Å². The first-order valence-corrected chi connectivity index (χ1v) is 7.18. The lowest BCUT2D eigenvalue weighted by Gasteiger charge is -2.05. The summed E-state index contributed by atoms with van der Waals surface area (Å²) in [6, 6.07) is 5.36. The summed E-state index contributed by atoms with van der Waals surface area (Å²) >= 11 is 3.37. The average molecular weight is 306 g/mol. The van der Waals surface area contributed by atoms with Crippen molar-refractivity contribution < 1.29 is 8.95 Å². The predicted molar refractivity (Wildman–Crippen MR) is 70.9 cm³/mol. The van der Waals surface area contributed by atoms with E-state index in [0.717, 1.165) is 28.8 Å². The van der Waals surface area contributed by atoms with Crippen LogP contribution < -0.4 is 5.73 Å². The summed E-state index contributed by atoms with van der Waals surface area (Å²) in [4.78, 5) is 0.812. The Bertz CT molecular complexity index is 371. The number of hydrogen-bond acceptors (Lipinski definition) is 3. The van der Waals surface area contributed by atoms with Crippen molar-refractivity contribution in [2.45, 2.75) is 17.7 Å². The number of unbranched alkanes of at least 4 members (excludes halogenated alkanes) is 1. The van der Waals surface area contributed by atoms with Crippen molar-refractivity contribution in [1.82, 2.24) is 0 Å². The lowest BCUT2D eigenvalue weighted by molar-refractivity contribution is 0.194. The second-order valence-corrected chi connectivity index (χ2v) is 5.83. The monoisotopic (exact) mass is 305 g/mol. The molecule has 0 fully saturated rings. The molecule has 0 aliphatic carbocycles. The van der Waals surface area contributed by atoms with Crippen molar-refractivity contribution in [3.05, 3.63) is 22.7 Å². The molecule has 1 aromatic rings. The maximum atomic E-state index is 11.9. The van der Waals surface area contributed by atoms with E-state index in [1.807, 2.05) is 6.07 Å². The molecule has 1 atom stereocenters. The van der Waals surface area contributed by atoms with Crippen LogP contribution in [0, 0.1) is 0 Å². The lowest BCUT2D eigenvalue weighted by atomic mass is 10.3. The molecular weight excluding hydrogens is 290 g/mol. The van der Waals surface area contributed by atoms with Crippen LogP contribution in [0.15, 0.2) is 27.6 Å². The predicted octanol–water partition coefficient (Wildman–Crippen LogP) is 2.57. The van der Waals surface area contributed by atoms with Gasteiger partial charge in [-0.25, -0.2) is 0 Å². The Hall–Kier alpha value is -0.390. The van der Waals surface area contributed by atoms with Gasteiger partial charge in [-0.3, -0.25) is 4.21 Å². The summed E-state index contributed by atoms with van der Waals surface area (Å²) in [5.74, 6) is 0.659. The summed E-state index contributed by atoms with van der Waals surface area (Å²) in [5, 5.41) is 0. The minimum atomic E-state index is -0.965. The Kier molecular flexibility index (Phi) is 6.01. The summed E-state index contributed by atoms with van der Waals surface area (Å²) in [7, 11) is 0.709. The second kappa shape index (κ2) is 7.04. The van der Waals surface area contributed by atoms with Gasteiger partial charge in [0.15, 0.2) is 0 Å². The van der Waals surface area contributed by atoms with Gasteiger partial charge >= 0.3 is 0 Å². The zero-order chi connectivity index (χ0) is 12.0. The van der Waals surface area contributed by atoms with Gasteiger partial charge in [0.25, 0.3) is 0 Å². The molecule has 0 saturated carbocycles. The molecule has 0 spiro atoms. The van der Waals surface area contributed by atoms with Crippen LogP contribution >= 0.6 is 15.9 Å². The van der Waals surface area contributed by atoms with E-state index in [9.17, 15) is 4.21 Å². The second-order valence-electron chi connectivity index (χ2n) is 3.44. The maximum Gasteiger partial charge on any atom is 0.0541 e. The van der Waals surface area contributed by atoms with Crippen LogP contribution in [0.3, 0.4) is 0 Å². The Morgan fingerprint density at radius 2 is 2.19 bits per heavy atom. The topological polar surface area (TPSA) is 52.3 Å². The fourth-order valence-electron chi connectivity index (χ4n) is 1.29. The third-order valence-electron chi connectivity index (χ3n) is 2.13. The highest BCUT2D eigenvalue weighted by molar-refractivity contribution is 9.10. The molecular formula is C11H16BrNO2S. The number of halogens is 1. The third-order valence-corrected chi connectivity index (χ3v) is 4.55. The quantitative estimate of drug-likeness (QED) is 0.649. The Labute approximate surface area is 107 Å². The van der Waals surface area contributed by atoms with Crippen molar-refractivity contribution in [2.24, 2.45) is 0 Å². The number of benzene rings is 1. The highest BCUT2D eigenvalue weighted by Crippen LogP contribution is 2.23. The van der Waals surface area contributed by atoms with Gasteiger partial charge in [0.2, 0.25) is 0 Å². The highest BCUT2D eigenvalue weighted by atomic mass is 79.9. The van der Waals surface area contributed by atoms with Crippen molar-refractivity contribution in [1.29, 1.82) is 0 Å². The number of hydrogen-bond donors (Lipinski definition) is 1. The molecule has 0 saturated heterocycles. The van der Waals surface area contributed by atoms with Crippen LogP contribution in [0.1, 0.15) is 12.8 Å². The Morgan fingerprint density at radius 1 is 1.44 bits per heavy atom. The number of methoxy groups -OCH3 is 1. The van der Waals surface area contributed by atoms with Crippen molar-refractivity contribution in [3.63, 3.8) is 0 Å².